The summed E-state index contributed by atoms with van der Waals surface area (Å²) in [6.45, 7) is 4.36. The van der Waals surface area contributed by atoms with E-state index < -0.39 is 5.41 Å². The van der Waals surface area contributed by atoms with Crippen LogP contribution in [0, 0.1) is 18.3 Å². The number of aliphatic hydroxyl groups excluding tert-OH is 1. The predicted octanol–water partition coefficient (Wildman–Crippen LogP) is 2.50. The van der Waals surface area contributed by atoms with Gasteiger partial charge in [0, 0.05) is 35.8 Å². The molecule has 1 aliphatic rings. The van der Waals surface area contributed by atoms with Gasteiger partial charge in [-0.05, 0) is 42.3 Å². The van der Waals surface area contributed by atoms with Crippen molar-refractivity contribution < 1.29 is 9.90 Å². The zero-order valence-electron chi connectivity index (χ0n) is 18.0. The van der Waals surface area contributed by atoms with E-state index in [2.05, 4.69) is 37.0 Å². The maximum Gasteiger partial charge on any atom is 0.251 e. The molecule has 0 spiro atoms. The van der Waals surface area contributed by atoms with E-state index in [4.69, 9.17) is 0 Å². The molecule has 4 N–H and O–H groups in total. The molecular formula is C23H23N7O2. The number of nitrogens with zero attached hydrogens (tertiary/aromatic N) is 4. The van der Waals surface area contributed by atoms with Crippen molar-refractivity contribution >= 4 is 23.2 Å². The third-order valence-corrected chi connectivity index (χ3v) is 5.72. The van der Waals surface area contributed by atoms with Crippen molar-refractivity contribution in [1.29, 1.82) is 5.26 Å². The highest BCUT2D eigenvalue weighted by atomic mass is 16.3. The van der Waals surface area contributed by atoms with E-state index >= 15 is 0 Å². The fourth-order valence-electron chi connectivity index (χ4n) is 3.70. The van der Waals surface area contributed by atoms with Crippen molar-refractivity contribution in [2.45, 2.75) is 19.3 Å². The number of hydrogen-bond donors (Lipinski definition) is 4. The zero-order chi connectivity index (χ0) is 22.9. The number of anilines is 3. The van der Waals surface area contributed by atoms with Crippen molar-refractivity contribution in [3.05, 3.63) is 58.9 Å². The van der Waals surface area contributed by atoms with E-state index in [1.54, 1.807) is 25.2 Å². The Morgan fingerprint density at radius 3 is 2.84 bits per heavy atom. The van der Waals surface area contributed by atoms with Gasteiger partial charge in [-0.1, -0.05) is 13.0 Å². The number of aryl methyl sites for hydroxylation is 1. The van der Waals surface area contributed by atoms with Gasteiger partial charge in [0.05, 0.1) is 17.9 Å². The summed E-state index contributed by atoms with van der Waals surface area (Å²) in [7, 11) is 1.58. The minimum Gasteiger partial charge on any atom is -0.395 e. The number of benzene rings is 2. The number of carbonyl (C=O) groups excluding carboxylic acids is 1. The lowest BCUT2D eigenvalue weighted by molar-refractivity contribution is 0.0963. The SMILES string of the molecule is CNC(=O)c1ccc(C)c(Nc2ncnc(-c3cc(C#N)c4c(c3)[C@@](C)(CO)CN4)n2)c1. The van der Waals surface area contributed by atoms with Gasteiger partial charge in [-0.2, -0.15) is 10.2 Å². The van der Waals surface area contributed by atoms with Gasteiger partial charge in [0.25, 0.3) is 5.91 Å². The van der Waals surface area contributed by atoms with Crippen molar-refractivity contribution in [3.8, 4) is 17.5 Å². The van der Waals surface area contributed by atoms with Gasteiger partial charge < -0.3 is 21.1 Å². The summed E-state index contributed by atoms with van der Waals surface area (Å²) in [5.74, 6) is 0.524. The van der Waals surface area contributed by atoms with Gasteiger partial charge in [0.2, 0.25) is 5.95 Å². The van der Waals surface area contributed by atoms with Crippen LogP contribution < -0.4 is 16.0 Å². The minimum atomic E-state index is -0.498. The number of amides is 1. The largest absolute Gasteiger partial charge is 0.395 e. The van der Waals surface area contributed by atoms with Gasteiger partial charge in [0.15, 0.2) is 5.82 Å². The summed E-state index contributed by atoms with van der Waals surface area (Å²) in [6, 6.07) is 11.2. The number of carbonyl (C=O) groups is 1. The standard InChI is InChI=1S/C23H23N7O2/c1-13-4-5-14(21(32)25-3)8-18(13)29-22-28-12-27-20(30-22)15-6-16(9-24)19-17(7-15)23(2,11-31)10-26-19/h4-8,12,26,31H,10-11H2,1-3H3,(H,25,32)(H,27,28,29,30)/t23-/m1/s1. The fraction of sp³-hybridized carbons (Fsp3) is 0.261. The highest BCUT2D eigenvalue weighted by Gasteiger charge is 2.36. The minimum absolute atomic E-state index is 0.0493. The topological polar surface area (TPSA) is 136 Å². The molecule has 9 nitrogen and oxygen atoms in total. The van der Waals surface area contributed by atoms with E-state index in [1.807, 2.05) is 26.0 Å². The molecule has 4 rings (SSSR count). The fourth-order valence-corrected chi connectivity index (χ4v) is 3.70. The second-order valence-electron chi connectivity index (χ2n) is 8.00. The van der Waals surface area contributed by atoms with E-state index in [-0.39, 0.29) is 12.5 Å². The van der Waals surface area contributed by atoms with E-state index in [9.17, 15) is 15.2 Å². The lowest BCUT2D eigenvalue weighted by atomic mass is 9.84. The lowest BCUT2D eigenvalue weighted by Crippen LogP contribution is -2.28. The van der Waals surface area contributed by atoms with Crippen LogP contribution in [-0.2, 0) is 5.41 Å². The lowest BCUT2D eigenvalue weighted by Gasteiger charge is -2.21. The summed E-state index contributed by atoms with van der Waals surface area (Å²) in [4.78, 5) is 25.0. The molecule has 0 aliphatic carbocycles. The molecule has 9 heteroatoms. The number of fused-ring (bicyclic) bond motifs is 1. The van der Waals surface area contributed by atoms with Crippen molar-refractivity contribution in [2.24, 2.45) is 0 Å². The molecule has 0 saturated carbocycles. The van der Waals surface area contributed by atoms with Crippen LogP contribution in [0.2, 0.25) is 0 Å². The second kappa shape index (κ2) is 8.24. The third kappa shape index (κ3) is 3.72. The molecule has 2 aromatic carbocycles. The molecule has 3 aromatic rings. The van der Waals surface area contributed by atoms with Gasteiger partial charge in [-0.15, -0.1) is 0 Å². The van der Waals surface area contributed by atoms with Crippen LogP contribution in [0.25, 0.3) is 11.4 Å². The van der Waals surface area contributed by atoms with E-state index in [0.717, 1.165) is 16.8 Å². The molecule has 0 fully saturated rings. The summed E-state index contributed by atoms with van der Waals surface area (Å²) in [6.07, 6.45) is 1.39. The van der Waals surface area contributed by atoms with Gasteiger partial charge in [-0.25, -0.2) is 9.97 Å². The van der Waals surface area contributed by atoms with Crippen molar-refractivity contribution in [1.82, 2.24) is 20.3 Å². The first kappa shape index (κ1) is 21.2. The second-order valence-corrected chi connectivity index (χ2v) is 8.00. The molecule has 1 aliphatic heterocycles. The smallest absolute Gasteiger partial charge is 0.251 e. The molecule has 1 aromatic heterocycles. The number of aromatic nitrogens is 3. The molecule has 0 saturated heterocycles. The molecule has 2 heterocycles. The van der Waals surface area contributed by atoms with Crippen molar-refractivity contribution in [2.75, 3.05) is 30.8 Å². The van der Waals surface area contributed by atoms with Crippen LogP contribution in [0.15, 0.2) is 36.7 Å². The third-order valence-electron chi connectivity index (χ3n) is 5.72. The normalized spacial score (nSPS) is 16.6. The molecule has 0 unspecified atom stereocenters. The average molecular weight is 429 g/mol. The van der Waals surface area contributed by atoms with Crippen LogP contribution in [0.4, 0.5) is 17.3 Å². The molecule has 0 bridgehead atoms. The van der Waals surface area contributed by atoms with E-state index in [0.29, 0.717) is 40.7 Å². The number of nitriles is 1. The molecule has 32 heavy (non-hydrogen) atoms. The maximum atomic E-state index is 12.0. The number of rotatable bonds is 5. The Kier molecular flexibility index (Phi) is 5.47. The molecule has 0 radical (unpaired) electrons. The first-order valence-corrected chi connectivity index (χ1v) is 10.1. The molecular weight excluding hydrogens is 406 g/mol. The quantitative estimate of drug-likeness (QED) is 0.486. The first-order chi connectivity index (χ1) is 15.4. The monoisotopic (exact) mass is 429 g/mol. The van der Waals surface area contributed by atoms with Crippen molar-refractivity contribution in [3.63, 3.8) is 0 Å². The molecule has 162 valence electrons. The Bertz CT molecular complexity index is 1250. The first-order valence-electron chi connectivity index (χ1n) is 10.1. The van der Waals surface area contributed by atoms with Crippen LogP contribution in [0.5, 0.6) is 0 Å². The Morgan fingerprint density at radius 2 is 2.12 bits per heavy atom. The maximum absolute atomic E-state index is 12.0. The number of aliphatic hydroxyl groups is 1. The summed E-state index contributed by atoms with van der Waals surface area (Å²) >= 11 is 0. The van der Waals surface area contributed by atoms with Crippen LogP contribution in [-0.4, -0.2) is 46.2 Å². The highest BCUT2D eigenvalue weighted by molar-refractivity contribution is 5.95. The van der Waals surface area contributed by atoms with Gasteiger partial charge in [-0.3, -0.25) is 4.79 Å². The molecule has 1 amide bonds. The average Bonchev–Trinajstić information content (AvgIpc) is 3.16. The van der Waals surface area contributed by atoms with Gasteiger partial charge in [0.1, 0.15) is 12.4 Å². The van der Waals surface area contributed by atoms with Crippen LogP contribution >= 0.6 is 0 Å². The Balaban J connectivity index is 1.72. The summed E-state index contributed by atoms with van der Waals surface area (Å²) < 4.78 is 0. The predicted molar refractivity (Wildman–Crippen MR) is 121 cm³/mol. The highest BCUT2D eigenvalue weighted by Crippen LogP contribution is 2.40. The van der Waals surface area contributed by atoms with E-state index in [1.165, 1.54) is 6.33 Å². The Labute approximate surface area is 185 Å². The molecule has 1 atom stereocenters. The van der Waals surface area contributed by atoms with Gasteiger partial charge >= 0.3 is 0 Å². The van der Waals surface area contributed by atoms with Crippen LogP contribution in [0.1, 0.15) is 34.0 Å². The Morgan fingerprint density at radius 1 is 1.31 bits per heavy atom. The Hall–Kier alpha value is -4.03. The summed E-state index contributed by atoms with van der Waals surface area (Å²) in [5.41, 5.74) is 4.37. The summed E-state index contributed by atoms with van der Waals surface area (Å²) in [5, 5.41) is 28.5. The number of nitrogens with one attached hydrogen (secondary N) is 3. The number of hydrogen-bond acceptors (Lipinski definition) is 8. The van der Waals surface area contributed by atoms with Crippen LogP contribution in [0.3, 0.4) is 0 Å². The zero-order valence-corrected chi connectivity index (χ0v) is 18.0.